The number of carbonyl (C=O) groups excluding carboxylic acids is 2. The maximum Gasteiger partial charge on any atom is 0.326 e. The number of nitrogens with one attached hydrogen (secondary N) is 3. The number of hydrogen-bond donors (Lipinski definition) is 4. The molecule has 8 heteroatoms. The Hall–Kier alpha value is -3.23. The van der Waals surface area contributed by atoms with E-state index in [1.54, 1.807) is 0 Å². The standard InChI is InChI=1S/C29H38N4O4/c34-27(32-25(29(36)37)18-22-11-5-2-6-12-22)19-24(17-21-9-3-1-4-10-21)31-28(35)26-14-8-16-33(26)20-23-13-7-15-30-23/h1-6,9-12,23-26,30H,7-8,13-20H2,(H,31,35)(H,32,34)(H,36,37)/t23-,24-,25-,26+/m0/s1. The molecular formula is C29H38N4O4. The van der Waals surface area contributed by atoms with Crippen molar-refractivity contribution in [3.05, 3.63) is 71.8 Å². The first-order valence-electron chi connectivity index (χ1n) is 13.4. The molecule has 8 nitrogen and oxygen atoms in total. The molecule has 0 bridgehead atoms. The average molecular weight is 507 g/mol. The molecule has 2 aromatic rings. The second-order valence-electron chi connectivity index (χ2n) is 10.2. The number of hydrogen-bond acceptors (Lipinski definition) is 5. The van der Waals surface area contributed by atoms with Gasteiger partial charge in [0.25, 0.3) is 0 Å². The van der Waals surface area contributed by atoms with Gasteiger partial charge in [-0.25, -0.2) is 4.79 Å². The number of aliphatic carboxylic acids is 1. The van der Waals surface area contributed by atoms with Gasteiger partial charge in [0.2, 0.25) is 11.8 Å². The van der Waals surface area contributed by atoms with Gasteiger partial charge in [-0.3, -0.25) is 14.5 Å². The summed E-state index contributed by atoms with van der Waals surface area (Å²) in [4.78, 5) is 40.5. The number of amides is 2. The van der Waals surface area contributed by atoms with Gasteiger partial charge in [0.05, 0.1) is 6.04 Å². The number of likely N-dealkylation sites (tertiary alicyclic amines) is 1. The molecular weight excluding hydrogens is 468 g/mol. The van der Waals surface area contributed by atoms with E-state index < -0.39 is 18.1 Å². The van der Waals surface area contributed by atoms with E-state index in [4.69, 9.17) is 0 Å². The molecule has 4 atom stereocenters. The molecule has 2 aliphatic rings. The van der Waals surface area contributed by atoms with Crippen molar-refractivity contribution < 1.29 is 19.5 Å². The molecule has 0 spiro atoms. The Morgan fingerprint density at radius 2 is 1.59 bits per heavy atom. The zero-order valence-electron chi connectivity index (χ0n) is 21.3. The first-order valence-corrected chi connectivity index (χ1v) is 13.4. The lowest BCUT2D eigenvalue weighted by Gasteiger charge is -2.28. The molecule has 2 aliphatic heterocycles. The third-order valence-electron chi connectivity index (χ3n) is 7.30. The smallest absolute Gasteiger partial charge is 0.326 e. The van der Waals surface area contributed by atoms with Gasteiger partial charge in [0.1, 0.15) is 6.04 Å². The van der Waals surface area contributed by atoms with E-state index in [0.717, 1.165) is 50.0 Å². The van der Waals surface area contributed by atoms with Crippen LogP contribution >= 0.6 is 0 Å². The van der Waals surface area contributed by atoms with Crippen molar-refractivity contribution in [2.24, 2.45) is 0 Å². The van der Waals surface area contributed by atoms with Crippen LogP contribution in [0, 0.1) is 0 Å². The molecule has 0 radical (unpaired) electrons. The number of carboxylic acid groups (broad SMARTS) is 1. The Labute approximate surface area is 218 Å². The molecule has 0 saturated carbocycles. The van der Waals surface area contributed by atoms with E-state index in [1.165, 1.54) is 6.42 Å². The zero-order chi connectivity index (χ0) is 26.0. The highest BCUT2D eigenvalue weighted by Gasteiger charge is 2.34. The van der Waals surface area contributed by atoms with Crippen molar-refractivity contribution in [3.63, 3.8) is 0 Å². The van der Waals surface area contributed by atoms with Crippen LogP contribution in [0.2, 0.25) is 0 Å². The van der Waals surface area contributed by atoms with Crippen molar-refractivity contribution in [2.45, 2.75) is 69.1 Å². The Morgan fingerprint density at radius 1 is 0.919 bits per heavy atom. The van der Waals surface area contributed by atoms with E-state index in [0.29, 0.717) is 12.5 Å². The molecule has 2 fully saturated rings. The summed E-state index contributed by atoms with van der Waals surface area (Å²) in [6.07, 6.45) is 4.79. The second kappa shape index (κ2) is 13.4. The van der Waals surface area contributed by atoms with Crippen LogP contribution in [0.25, 0.3) is 0 Å². The first-order chi connectivity index (χ1) is 18.0. The van der Waals surface area contributed by atoms with Crippen LogP contribution in [0.5, 0.6) is 0 Å². The van der Waals surface area contributed by atoms with Crippen LogP contribution in [0.15, 0.2) is 60.7 Å². The fourth-order valence-electron chi connectivity index (χ4n) is 5.43. The highest BCUT2D eigenvalue weighted by Crippen LogP contribution is 2.20. The van der Waals surface area contributed by atoms with Gasteiger partial charge in [-0.05, 0) is 56.3 Å². The Kier molecular flexibility index (Phi) is 9.68. The number of carboxylic acids is 1. The van der Waals surface area contributed by atoms with Gasteiger partial charge in [-0.15, -0.1) is 0 Å². The zero-order valence-corrected chi connectivity index (χ0v) is 21.3. The summed E-state index contributed by atoms with van der Waals surface area (Å²) < 4.78 is 0. The van der Waals surface area contributed by atoms with Crippen LogP contribution in [0.1, 0.15) is 43.2 Å². The quantitative estimate of drug-likeness (QED) is 0.351. The normalized spacial score (nSPS) is 21.3. The molecule has 0 unspecified atom stereocenters. The Bertz CT molecular complexity index is 1030. The lowest BCUT2D eigenvalue weighted by atomic mass is 10.0. The fourth-order valence-corrected chi connectivity index (χ4v) is 5.43. The van der Waals surface area contributed by atoms with Gasteiger partial charge in [0.15, 0.2) is 0 Å². The van der Waals surface area contributed by atoms with Crippen LogP contribution in [-0.2, 0) is 27.2 Å². The second-order valence-corrected chi connectivity index (χ2v) is 10.2. The van der Waals surface area contributed by atoms with Crippen molar-refractivity contribution in [3.8, 4) is 0 Å². The molecule has 198 valence electrons. The molecule has 2 saturated heterocycles. The van der Waals surface area contributed by atoms with Crippen LogP contribution < -0.4 is 16.0 Å². The third kappa shape index (κ3) is 8.13. The molecule has 0 aliphatic carbocycles. The van der Waals surface area contributed by atoms with E-state index in [1.807, 2.05) is 60.7 Å². The summed E-state index contributed by atoms with van der Waals surface area (Å²) in [6.45, 7) is 2.80. The summed E-state index contributed by atoms with van der Waals surface area (Å²) in [5.41, 5.74) is 1.85. The number of benzene rings is 2. The van der Waals surface area contributed by atoms with Crippen molar-refractivity contribution in [1.29, 1.82) is 0 Å². The van der Waals surface area contributed by atoms with Crippen LogP contribution in [0.4, 0.5) is 0 Å². The predicted octanol–water partition coefficient (Wildman–Crippen LogP) is 2.13. The number of nitrogens with zero attached hydrogens (tertiary/aromatic N) is 1. The minimum absolute atomic E-state index is 0.0100. The first kappa shape index (κ1) is 26.8. The van der Waals surface area contributed by atoms with Crippen molar-refractivity contribution in [1.82, 2.24) is 20.9 Å². The van der Waals surface area contributed by atoms with Gasteiger partial charge >= 0.3 is 5.97 Å². The molecule has 37 heavy (non-hydrogen) atoms. The van der Waals surface area contributed by atoms with E-state index >= 15 is 0 Å². The van der Waals surface area contributed by atoms with Crippen molar-refractivity contribution >= 4 is 17.8 Å². The maximum atomic E-state index is 13.4. The van der Waals surface area contributed by atoms with Gasteiger partial charge < -0.3 is 21.1 Å². The summed E-state index contributed by atoms with van der Waals surface area (Å²) in [6, 6.07) is 17.7. The molecule has 4 rings (SSSR count). The monoisotopic (exact) mass is 506 g/mol. The highest BCUT2D eigenvalue weighted by molar-refractivity contribution is 5.86. The van der Waals surface area contributed by atoms with E-state index in [9.17, 15) is 19.5 Å². The summed E-state index contributed by atoms with van der Waals surface area (Å²) in [7, 11) is 0. The Morgan fingerprint density at radius 3 is 2.22 bits per heavy atom. The maximum absolute atomic E-state index is 13.4. The lowest BCUT2D eigenvalue weighted by Crippen LogP contribution is -2.51. The topological polar surface area (TPSA) is 111 Å². The minimum Gasteiger partial charge on any atom is -0.480 e. The van der Waals surface area contributed by atoms with E-state index in [2.05, 4.69) is 20.9 Å². The SMILES string of the molecule is O=C(C[C@H](Cc1ccccc1)NC(=O)[C@H]1CCCN1C[C@@H]1CCCN1)N[C@@H](Cc1ccccc1)C(=O)O. The number of rotatable bonds is 12. The summed E-state index contributed by atoms with van der Waals surface area (Å²) >= 11 is 0. The van der Waals surface area contributed by atoms with E-state index in [-0.39, 0.29) is 30.7 Å². The number of carbonyl (C=O) groups is 3. The minimum atomic E-state index is -1.08. The largest absolute Gasteiger partial charge is 0.480 e. The summed E-state index contributed by atoms with van der Waals surface area (Å²) in [5.74, 6) is -1.52. The Balaban J connectivity index is 1.39. The highest BCUT2D eigenvalue weighted by atomic mass is 16.4. The molecule has 2 aromatic carbocycles. The third-order valence-corrected chi connectivity index (χ3v) is 7.30. The molecule has 4 N–H and O–H groups in total. The van der Waals surface area contributed by atoms with Gasteiger partial charge in [-0.2, -0.15) is 0 Å². The van der Waals surface area contributed by atoms with Gasteiger partial charge in [-0.1, -0.05) is 60.7 Å². The fraction of sp³-hybridized carbons (Fsp3) is 0.483. The predicted molar refractivity (Wildman–Crippen MR) is 142 cm³/mol. The molecule has 2 heterocycles. The van der Waals surface area contributed by atoms with Crippen LogP contribution in [-0.4, -0.2) is 71.6 Å². The average Bonchev–Trinajstić information content (AvgIpc) is 3.57. The molecule has 2 amide bonds. The lowest BCUT2D eigenvalue weighted by molar-refractivity contribution is -0.142. The summed E-state index contributed by atoms with van der Waals surface area (Å²) in [5, 5.41) is 19.0. The molecule has 0 aromatic heterocycles. The van der Waals surface area contributed by atoms with Crippen LogP contribution in [0.3, 0.4) is 0 Å². The van der Waals surface area contributed by atoms with Gasteiger partial charge in [0, 0.05) is 31.5 Å². The van der Waals surface area contributed by atoms with Crippen molar-refractivity contribution in [2.75, 3.05) is 19.6 Å².